The number of ether oxygens (including phenoxy) is 1. The summed E-state index contributed by atoms with van der Waals surface area (Å²) in [5.41, 5.74) is 0.575. The van der Waals surface area contributed by atoms with Gasteiger partial charge in [0.1, 0.15) is 0 Å². The highest BCUT2D eigenvalue weighted by atomic mass is 16.5. The molecule has 1 N–H and O–H groups in total. The summed E-state index contributed by atoms with van der Waals surface area (Å²) < 4.78 is 4.66. The predicted octanol–water partition coefficient (Wildman–Crippen LogP) is 1.70. The second-order valence-electron chi connectivity index (χ2n) is 3.64. The van der Waals surface area contributed by atoms with Gasteiger partial charge in [-0.05, 0) is 6.92 Å². The SMILES string of the molecule is CCOC(=O)NC1=CC(=O)c2ccccc2C1=O. The fourth-order valence-electron chi connectivity index (χ4n) is 1.69. The maximum Gasteiger partial charge on any atom is 0.411 e. The number of benzene rings is 1. The first-order valence-corrected chi connectivity index (χ1v) is 5.47. The highest BCUT2D eigenvalue weighted by Gasteiger charge is 2.26. The lowest BCUT2D eigenvalue weighted by Gasteiger charge is -2.15. The number of hydrogen-bond acceptors (Lipinski definition) is 4. The largest absolute Gasteiger partial charge is 0.450 e. The molecule has 18 heavy (non-hydrogen) atoms. The zero-order valence-corrected chi connectivity index (χ0v) is 9.73. The maximum absolute atomic E-state index is 12.0. The average molecular weight is 245 g/mol. The monoisotopic (exact) mass is 245 g/mol. The van der Waals surface area contributed by atoms with Crippen molar-refractivity contribution in [2.45, 2.75) is 6.92 Å². The van der Waals surface area contributed by atoms with E-state index in [-0.39, 0.29) is 23.7 Å². The Hall–Kier alpha value is -2.43. The molecule has 1 aliphatic carbocycles. The number of amides is 1. The lowest BCUT2D eigenvalue weighted by Crippen LogP contribution is -2.31. The number of allylic oxidation sites excluding steroid dienone is 2. The van der Waals surface area contributed by atoms with Crippen molar-refractivity contribution >= 4 is 17.7 Å². The number of nitrogens with one attached hydrogen (secondary N) is 1. The van der Waals surface area contributed by atoms with Gasteiger partial charge < -0.3 is 4.74 Å². The molecule has 0 unspecified atom stereocenters. The number of alkyl carbamates (subject to hydrolysis) is 1. The molecular weight excluding hydrogens is 234 g/mol. The van der Waals surface area contributed by atoms with Crippen LogP contribution in [0.1, 0.15) is 27.6 Å². The first kappa shape index (κ1) is 12.0. The third kappa shape index (κ3) is 2.15. The van der Waals surface area contributed by atoms with Crippen LogP contribution >= 0.6 is 0 Å². The molecule has 92 valence electrons. The quantitative estimate of drug-likeness (QED) is 0.860. The van der Waals surface area contributed by atoms with Gasteiger partial charge in [-0.25, -0.2) is 4.79 Å². The van der Waals surface area contributed by atoms with Gasteiger partial charge in [-0.1, -0.05) is 24.3 Å². The zero-order chi connectivity index (χ0) is 13.1. The molecule has 2 rings (SSSR count). The molecule has 1 aromatic carbocycles. The second kappa shape index (κ2) is 4.83. The van der Waals surface area contributed by atoms with Crippen LogP contribution in [0.15, 0.2) is 36.0 Å². The van der Waals surface area contributed by atoms with Crippen molar-refractivity contribution in [3.63, 3.8) is 0 Å². The van der Waals surface area contributed by atoms with Gasteiger partial charge >= 0.3 is 6.09 Å². The topological polar surface area (TPSA) is 72.5 Å². The first-order valence-electron chi connectivity index (χ1n) is 5.47. The Morgan fingerprint density at radius 1 is 1.22 bits per heavy atom. The molecule has 0 aliphatic heterocycles. The smallest absolute Gasteiger partial charge is 0.411 e. The molecule has 5 heteroatoms. The zero-order valence-electron chi connectivity index (χ0n) is 9.73. The summed E-state index contributed by atoms with van der Waals surface area (Å²) in [6.45, 7) is 1.84. The van der Waals surface area contributed by atoms with Crippen LogP contribution in [0.25, 0.3) is 0 Å². The van der Waals surface area contributed by atoms with E-state index in [0.717, 1.165) is 6.08 Å². The summed E-state index contributed by atoms with van der Waals surface area (Å²) in [6, 6.07) is 6.47. The second-order valence-corrected chi connectivity index (χ2v) is 3.64. The molecule has 0 saturated heterocycles. The Labute approximate surface area is 103 Å². The summed E-state index contributed by atoms with van der Waals surface area (Å²) >= 11 is 0. The van der Waals surface area contributed by atoms with E-state index in [1.807, 2.05) is 0 Å². The van der Waals surface area contributed by atoms with Gasteiger partial charge in [-0.15, -0.1) is 0 Å². The predicted molar refractivity (Wildman–Crippen MR) is 63.3 cm³/mol. The molecule has 1 aliphatic rings. The number of carbonyl (C=O) groups excluding carboxylic acids is 3. The van der Waals surface area contributed by atoms with Gasteiger partial charge in [0.15, 0.2) is 5.78 Å². The van der Waals surface area contributed by atoms with E-state index < -0.39 is 11.9 Å². The molecule has 0 fully saturated rings. The molecular formula is C13H11NO4. The lowest BCUT2D eigenvalue weighted by molar-refractivity contribution is 0.0973. The molecule has 1 amide bonds. The van der Waals surface area contributed by atoms with Gasteiger partial charge in [-0.3, -0.25) is 14.9 Å². The molecule has 0 heterocycles. The van der Waals surface area contributed by atoms with Crippen molar-refractivity contribution in [1.82, 2.24) is 5.32 Å². The summed E-state index contributed by atoms with van der Waals surface area (Å²) in [4.78, 5) is 35.0. The van der Waals surface area contributed by atoms with Gasteiger partial charge in [0, 0.05) is 17.2 Å². The van der Waals surface area contributed by atoms with Crippen LogP contribution in [-0.2, 0) is 4.74 Å². The summed E-state index contributed by atoms with van der Waals surface area (Å²) in [5.74, 6) is -0.699. The van der Waals surface area contributed by atoms with Crippen molar-refractivity contribution in [2.75, 3.05) is 6.61 Å². The minimum absolute atomic E-state index is 0.0582. The maximum atomic E-state index is 12.0. The minimum atomic E-state index is -0.746. The van der Waals surface area contributed by atoms with Crippen molar-refractivity contribution in [2.24, 2.45) is 0 Å². The molecule has 5 nitrogen and oxygen atoms in total. The Kier molecular flexibility index (Phi) is 3.23. The summed E-state index contributed by atoms with van der Waals surface area (Å²) in [7, 11) is 0. The number of fused-ring (bicyclic) bond motifs is 1. The van der Waals surface area contributed by atoms with E-state index in [0.29, 0.717) is 5.56 Å². The van der Waals surface area contributed by atoms with E-state index in [4.69, 9.17) is 0 Å². The number of hydrogen-bond donors (Lipinski definition) is 1. The standard InChI is InChI=1S/C13H11NO4/c1-2-18-13(17)14-10-7-11(15)8-5-3-4-6-9(8)12(10)16/h3-7H,2H2,1H3,(H,14,17). The van der Waals surface area contributed by atoms with Crippen LogP contribution in [0.4, 0.5) is 4.79 Å². The van der Waals surface area contributed by atoms with E-state index in [1.165, 1.54) is 0 Å². The van der Waals surface area contributed by atoms with Crippen LogP contribution in [0, 0.1) is 0 Å². The normalized spacial score (nSPS) is 13.7. The van der Waals surface area contributed by atoms with Gasteiger partial charge in [0.05, 0.1) is 12.3 Å². The van der Waals surface area contributed by atoms with Gasteiger partial charge in [0.25, 0.3) is 0 Å². The van der Waals surface area contributed by atoms with E-state index in [1.54, 1.807) is 31.2 Å². The highest BCUT2D eigenvalue weighted by Crippen LogP contribution is 2.19. The van der Waals surface area contributed by atoms with Crippen LogP contribution in [0.3, 0.4) is 0 Å². The molecule has 0 spiro atoms. The number of ketones is 2. The highest BCUT2D eigenvalue weighted by molar-refractivity contribution is 6.24. The Morgan fingerprint density at radius 2 is 1.89 bits per heavy atom. The van der Waals surface area contributed by atoms with Crippen LogP contribution < -0.4 is 5.32 Å². The number of Topliss-reactive ketones (excluding diaryl/α,β-unsaturated/α-hetero) is 1. The van der Waals surface area contributed by atoms with Gasteiger partial charge in [0.2, 0.25) is 5.78 Å². The Bertz CT molecular complexity index is 560. The van der Waals surface area contributed by atoms with E-state index in [9.17, 15) is 14.4 Å². The van der Waals surface area contributed by atoms with Crippen molar-refractivity contribution in [3.8, 4) is 0 Å². The molecule has 0 bridgehead atoms. The van der Waals surface area contributed by atoms with Crippen LogP contribution in [-0.4, -0.2) is 24.3 Å². The van der Waals surface area contributed by atoms with Crippen molar-refractivity contribution in [1.29, 1.82) is 0 Å². The minimum Gasteiger partial charge on any atom is -0.450 e. The first-order chi connectivity index (χ1) is 8.63. The fourth-order valence-corrected chi connectivity index (χ4v) is 1.69. The lowest BCUT2D eigenvalue weighted by atomic mass is 9.93. The summed E-state index contributed by atoms with van der Waals surface area (Å²) in [6.07, 6.45) is 0.367. The molecule has 0 radical (unpaired) electrons. The van der Waals surface area contributed by atoms with E-state index >= 15 is 0 Å². The summed E-state index contributed by atoms with van der Waals surface area (Å²) in [5, 5.41) is 2.27. The molecule has 0 saturated carbocycles. The molecule has 0 atom stereocenters. The van der Waals surface area contributed by atoms with Crippen LogP contribution in [0.2, 0.25) is 0 Å². The van der Waals surface area contributed by atoms with Crippen molar-refractivity contribution < 1.29 is 19.1 Å². The Balaban J connectivity index is 2.28. The third-order valence-corrected chi connectivity index (χ3v) is 2.47. The number of carbonyl (C=O) groups is 3. The molecule has 1 aromatic rings. The molecule has 0 aromatic heterocycles. The van der Waals surface area contributed by atoms with Crippen molar-refractivity contribution in [3.05, 3.63) is 47.2 Å². The number of rotatable bonds is 2. The van der Waals surface area contributed by atoms with Crippen LogP contribution in [0.5, 0.6) is 0 Å². The third-order valence-electron chi connectivity index (χ3n) is 2.47. The van der Waals surface area contributed by atoms with E-state index in [2.05, 4.69) is 10.1 Å². The Morgan fingerprint density at radius 3 is 2.56 bits per heavy atom. The average Bonchev–Trinajstić information content (AvgIpc) is 2.36. The van der Waals surface area contributed by atoms with Gasteiger partial charge in [-0.2, -0.15) is 0 Å². The fraction of sp³-hybridized carbons (Fsp3) is 0.154.